The van der Waals surface area contributed by atoms with E-state index in [0.29, 0.717) is 12.0 Å². The van der Waals surface area contributed by atoms with Gasteiger partial charge in [-0.15, -0.1) is 24.0 Å². The number of piperidine rings is 1. The first kappa shape index (κ1) is 21.9. The Balaban J connectivity index is 0.00000441. The highest BCUT2D eigenvalue weighted by Gasteiger charge is 2.16. The molecule has 5 nitrogen and oxygen atoms in total. The molecule has 0 bridgehead atoms. The molecule has 1 rings (SSSR count). The van der Waals surface area contributed by atoms with Gasteiger partial charge in [0.2, 0.25) is 0 Å². The van der Waals surface area contributed by atoms with E-state index in [1.54, 1.807) is 0 Å². The van der Waals surface area contributed by atoms with Crippen LogP contribution in [0.3, 0.4) is 0 Å². The molecule has 0 spiro atoms. The minimum absolute atomic E-state index is 0. The molecular weight excluding hydrogens is 391 g/mol. The number of hydrogen-bond donors (Lipinski definition) is 3. The molecule has 0 aromatic rings. The van der Waals surface area contributed by atoms with E-state index in [9.17, 15) is 5.11 Å². The Morgan fingerprint density at radius 1 is 1.27 bits per heavy atom. The molecule has 0 aromatic heterocycles. The minimum atomic E-state index is -0.0821. The maximum atomic E-state index is 9.49. The van der Waals surface area contributed by atoms with Crippen molar-refractivity contribution in [2.45, 2.75) is 59.1 Å². The van der Waals surface area contributed by atoms with Crippen LogP contribution < -0.4 is 10.6 Å². The summed E-state index contributed by atoms with van der Waals surface area (Å²) in [5.41, 5.74) is 0. The lowest BCUT2D eigenvalue weighted by atomic mass is 10.1. The standard InChI is InChI=1S/C16H34N4O.HI/c1-5-17-16(19-14(4)13(2)3)18-9-6-10-20-11-7-15(21)8-12-20;/h13-15,21H,5-12H2,1-4H3,(H2,17,18,19);1H. The first-order valence-electron chi connectivity index (χ1n) is 8.48. The Kier molecular flexibility index (Phi) is 12.3. The predicted octanol–water partition coefficient (Wildman–Crippen LogP) is 2.05. The molecule has 132 valence electrons. The first-order valence-corrected chi connectivity index (χ1v) is 8.48. The van der Waals surface area contributed by atoms with E-state index in [4.69, 9.17) is 0 Å². The third-order valence-electron chi connectivity index (χ3n) is 4.17. The van der Waals surface area contributed by atoms with E-state index < -0.39 is 0 Å². The van der Waals surface area contributed by atoms with Crippen LogP contribution in [0, 0.1) is 5.92 Å². The summed E-state index contributed by atoms with van der Waals surface area (Å²) in [5, 5.41) is 16.3. The van der Waals surface area contributed by atoms with E-state index in [1.165, 1.54) is 0 Å². The number of aliphatic hydroxyl groups is 1. The van der Waals surface area contributed by atoms with Gasteiger partial charge in [0.05, 0.1) is 6.10 Å². The van der Waals surface area contributed by atoms with E-state index >= 15 is 0 Å². The summed E-state index contributed by atoms with van der Waals surface area (Å²) in [6.07, 6.45) is 2.82. The molecule has 1 heterocycles. The van der Waals surface area contributed by atoms with Crippen LogP contribution in [0.15, 0.2) is 4.99 Å². The van der Waals surface area contributed by atoms with Gasteiger partial charge in [-0.2, -0.15) is 0 Å². The van der Waals surface area contributed by atoms with Gasteiger partial charge in [-0.25, -0.2) is 0 Å². The Labute approximate surface area is 153 Å². The summed E-state index contributed by atoms with van der Waals surface area (Å²) >= 11 is 0. The molecular formula is C16H35IN4O. The van der Waals surface area contributed by atoms with Crippen LogP contribution in [0.25, 0.3) is 0 Å². The van der Waals surface area contributed by atoms with Crippen LogP contribution in [0.4, 0.5) is 0 Å². The second-order valence-corrected chi connectivity index (χ2v) is 6.36. The zero-order valence-electron chi connectivity index (χ0n) is 14.6. The topological polar surface area (TPSA) is 59.9 Å². The van der Waals surface area contributed by atoms with Gasteiger partial charge in [-0.1, -0.05) is 13.8 Å². The van der Waals surface area contributed by atoms with Crippen LogP contribution in [0.2, 0.25) is 0 Å². The molecule has 1 atom stereocenters. The zero-order valence-corrected chi connectivity index (χ0v) is 17.0. The number of aliphatic imine (C=N–C) groups is 1. The first-order chi connectivity index (χ1) is 10.0. The molecule has 3 N–H and O–H groups in total. The highest BCUT2D eigenvalue weighted by atomic mass is 127. The van der Waals surface area contributed by atoms with Gasteiger partial charge < -0.3 is 20.6 Å². The molecule has 1 aliphatic heterocycles. The van der Waals surface area contributed by atoms with Crippen molar-refractivity contribution in [3.63, 3.8) is 0 Å². The van der Waals surface area contributed by atoms with Crippen molar-refractivity contribution >= 4 is 29.9 Å². The van der Waals surface area contributed by atoms with Crippen molar-refractivity contribution in [1.82, 2.24) is 15.5 Å². The Hall–Kier alpha value is -0.0800. The number of halogens is 1. The Morgan fingerprint density at radius 2 is 1.91 bits per heavy atom. The molecule has 0 aliphatic carbocycles. The number of nitrogens with zero attached hydrogens (tertiary/aromatic N) is 2. The van der Waals surface area contributed by atoms with Crippen LogP contribution >= 0.6 is 24.0 Å². The lowest BCUT2D eigenvalue weighted by Crippen LogP contribution is -2.44. The van der Waals surface area contributed by atoms with Crippen molar-refractivity contribution in [1.29, 1.82) is 0 Å². The largest absolute Gasteiger partial charge is 0.393 e. The second kappa shape index (κ2) is 12.4. The quantitative estimate of drug-likeness (QED) is 0.253. The maximum Gasteiger partial charge on any atom is 0.191 e. The zero-order chi connectivity index (χ0) is 15.7. The fourth-order valence-corrected chi connectivity index (χ4v) is 2.33. The average Bonchev–Trinajstić information content (AvgIpc) is 2.45. The number of aliphatic hydroxyl groups excluding tert-OH is 1. The van der Waals surface area contributed by atoms with Crippen molar-refractivity contribution in [2.24, 2.45) is 10.9 Å². The summed E-state index contributed by atoms with van der Waals surface area (Å²) in [4.78, 5) is 7.08. The fraction of sp³-hybridized carbons (Fsp3) is 0.938. The maximum absolute atomic E-state index is 9.49. The lowest BCUT2D eigenvalue weighted by Gasteiger charge is -2.29. The summed E-state index contributed by atoms with van der Waals surface area (Å²) in [7, 11) is 0. The summed E-state index contributed by atoms with van der Waals surface area (Å²) in [6.45, 7) is 13.6. The SMILES string of the molecule is CCNC(=NCCCN1CCC(O)CC1)NC(C)C(C)C.I. The fourth-order valence-electron chi connectivity index (χ4n) is 2.33. The third kappa shape index (κ3) is 9.15. The van der Waals surface area contributed by atoms with Crippen molar-refractivity contribution in [2.75, 3.05) is 32.7 Å². The summed E-state index contributed by atoms with van der Waals surface area (Å²) in [5.74, 6) is 1.52. The number of nitrogens with one attached hydrogen (secondary N) is 2. The minimum Gasteiger partial charge on any atom is -0.393 e. The molecule has 0 radical (unpaired) electrons. The van der Waals surface area contributed by atoms with Gasteiger partial charge in [-0.05, 0) is 45.6 Å². The van der Waals surface area contributed by atoms with Crippen molar-refractivity contribution in [3.05, 3.63) is 0 Å². The molecule has 0 aromatic carbocycles. The molecule has 22 heavy (non-hydrogen) atoms. The predicted molar refractivity (Wildman–Crippen MR) is 105 cm³/mol. The summed E-state index contributed by atoms with van der Waals surface area (Å²) in [6, 6.07) is 0.423. The van der Waals surface area contributed by atoms with E-state index in [1.807, 2.05) is 0 Å². The van der Waals surface area contributed by atoms with Gasteiger partial charge in [0, 0.05) is 32.2 Å². The van der Waals surface area contributed by atoms with Crippen LogP contribution in [-0.4, -0.2) is 60.8 Å². The highest BCUT2D eigenvalue weighted by Crippen LogP contribution is 2.09. The van der Waals surface area contributed by atoms with Gasteiger partial charge in [0.1, 0.15) is 0 Å². The molecule has 1 saturated heterocycles. The molecule has 0 amide bonds. The van der Waals surface area contributed by atoms with E-state index in [-0.39, 0.29) is 30.1 Å². The molecule has 1 unspecified atom stereocenters. The third-order valence-corrected chi connectivity index (χ3v) is 4.17. The number of guanidine groups is 1. The molecule has 6 heteroatoms. The van der Waals surface area contributed by atoms with Gasteiger partial charge >= 0.3 is 0 Å². The Morgan fingerprint density at radius 3 is 2.45 bits per heavy atom. The monoisotopic (exact) mass is 426 g/mol. The normalized spacial score (nSPS) is 18.9. The van der Waals surface area contributed by atoms with Crippen molar-refractivity contribution in [3.8, 4) is 0 Å². The number of rotatable bonds is 7. The smallest absolute Gasteiger partial charge is 0.191 e. The molecule has 1 fully saturated rings. The Bertz CT molecular complexity index is 305. The second-order valence-electron chi connectivity index (χ2n) is 6.36. The van der Waals surface area contributed by atoms with Gasteiger partial charge in [-0.3, -0.25) is 4.99 Å². The molecule has 0 saturated carbocycles. The van der Waals surface area contributed by atoms with Crippen LogP contribution in [0.1, 0.15) is 47.0 Å². The number of likely N-dealkylation sites (tertiary alicyclic amines) is 1. The van der Waals surface area contributed by atoms with Gasteiger partial charge in [0.15, 0.2) is 5.96 Å². The number of hydrogen-bond acceptors (Lipinski definition) is 3. The summed E-state index contributed by atoms with van der Waals surface area (Å²) < 4.78 is 0. The van der Waals surface area contributed by atoms with Crippen molar-refractivity contribution < 1.29 is 5.11 Å². The van der Waals surface area contributed by atoms with Gasteiger partial charge in [0.25, 0.3) is 0 Å². The van der Waals surface area contributed by atoms with E-state index in [2.05, 4.69) is 48.2 Å². The lowest BCUT2D eigenvalue weighted by molar-refractivity contribution is 0.0824. The average molecular weight is 426 g/mol. The van der Waals surface area contributed by atoms with E-state index in [0.717, 1.165) is 57.9 Å². The van der Waals surface area contributed by atoms with Crippen LogP contribution in [0.5, 0.6) is 0 Å². The highest BCUT2D eigenvalue weighted by molar-refractivity contribution is 14.0. The van der Waals surface area contributed by atoms with Crippen LogP contribution in [-0.2, 0) is 0 Å². The molecule has 1 aliphatic rings.